The second kappa shape index (κ2) is 7.39. The SMILES string of the molecule is CCCN(CCC)C(C(=O)O)c1ccc(Cl)cc1. The predicted molar refractivity (Wildman–Crippen MR) is 74.0 cm³/mol. The molecule has 0 radical (unpaired) electrons. The smallest absolute Gasteiger partial charge is 0.325 e. The van der Waals surface area contributed by atoms with Gasteiger partial charge < -0.3 is 5.11 Å². The van der Waals surface area contributed by atoms with Crippen LogP contribution in [0.25, 0.3) is 0 Å². The fourth-order valence-electron chi connectivity index (χ4n) is 2.10. The zero-order valence-corrected chi connectivity index (χ0v) is 11.7. The lowest BCUT2D eigenvalue weighted by Gasteiger charge is -2.28. The molecule has 4 heteroatoms. The van der Waals surface area contributed by atoms with Crippen molar-refractivity contribution in [3.63, 3.8) is 0 Å². The van der Waals surface area contributed by atoms with Gasteiger partial charge in [-0.05, 0) is 43.6 Å². The lowest BCUT2D eigenvalue weighted by Crippen LogP contribution is -2.35. The van der Waals surface area contributed by atoms with Crippen LogP contribution < -0.4 is 0 Å². The number of halogens is 1. The van der Waals surface area contributed by atoms with Gasteiger partial charge in [0.1, 0.15) is 6.04 Å². The van der Waals surface area contributed by atoms with E-state index in [4.69, 9.17) is 11.6 Å². The van der Waals surface area contributed by atoms with E-state index in [9.17, 15) is 9.90 Å². The highest BCUT2D eigenvalue weighted by molar-refractivity contribution is 6.30. The molecule has 100 valence electrons. The highest BCUT2D eigenvalue weighted by Crippen LogP contribution is 2.23. The second-order valence-electron chi connectivity index (χ2n) is 4.33. The Hall–Kier alpha value is -1.06. The molecule has 0 saturated heterocycles. The van der Waals surface area contributed by atoms with Gasteiger partial charge in [0.25, 0.3) is 0 Å². The van der Waals surface area contributed by atoms with Crippen molar-refractivity contribution in [1.82, 2.24) is 4.90 Å². The number of carboxylic acids is 1. The molecule has 1 aromatic rings. The second-order valence-corrected chi connectivity index (χ2v) is 4.76. The van der Waals surface area contributed by atoms with Crippen molar-refractivity contribution in [2.75, 3.05) is 13.1 Å². The maximum absolute atomic E-state index is 11.5. The number of rotatable bonds is 7. The van der Waals surface area contributed by atoms with E-state index in [1.165, 1.54) is 0 Å². The molecule has 0 aliphatic carbocycles. The Morgan fingerprint density at radius 1 is 1.22 bits per heavy atom. The van der Waals surface area contributed by atoms with Crippen LogP contribution in [0, 0.1) is 0 Å². The molecule has 1 unspecified atom stereocenters. The molecular weight excluding hydrogens is 250 g/mol. The van der Waals surface area contributed by atoms with Gasteiger partial charge in [0, 0.05) is 5.02 Å². The first-order chi connectivity index (χ1) is 8.60. The van der Waals surface area contributed by atoms with Crippen molar-refractivity contribution in [3.8, 4) is 0 Å². The average molecular weight is 270 g/mol. The Morgan fingerprint density at radius 3 is 2.11 bits per heavy atom. The fourth-order valence-corrected chi connectivity index (χ4v) is 2.23. The van der Waals surface area contributed by atoms with E-state index in [1.54, 1.807) is 24.3 Å². The third kappa shape index (κ3) is 4.00. The van der Waals surface area contributed by atoms with Crippen molar-refractivity contribution in [1.29, 1.82) is 0 Å². The number of carbonyl (C=O) groups is 1. The average Bonchev–Trinajstić information content (AvgIpc) is 2.32. The number of carboxylic acid groups (broad SMARTS) is 1. The molecule has 1 aromatic carbocycles. The number of aliphatic carboxylic acids is 1. The van der Waals surface area contributed by atoms with E-state index in [0.717, 1.165) is 31.5 Å². The molecular formula is C14H20ClNO2. The van der Waals surface area contributed by atoms with Gasteiger partial charge >= 0.3 is 5.97 Å². The van der Waals surface area contributed by atoms with Crippen molar-refractivity contribution in [3.05, 3.63) is 34.9 Å². The van der Waals surface area contributed by atoms with Crippen LogP contribution in [-0.2, 0) is 4.79 Å². The largest absolute Gasteiger partial charge is 0.480 e. The van der Waals surface area contributed by atoms with Crippen LogP contribution in [0.3, 0.4) is 0 Å². The third-order valence-electron chi connectivity index (χ3n) is 2.81. The zero-order chi connectivity index (χ0) is 13.5. The fraction of sp³-hybridized carbons (Fsp3) is 0.500. The maximum Gasteiger partial charge on any atom is 0.325 e. The van der Waals surface area contributed by atoms with Crippen LogP contribution in [0.5, 0.6) is 0 Å². The zero-order valence-electron chi connectivity index (χ0n) is 10.9. The van der Waals surface area contributed by atoms with Gasteiger partial charge in [-0.2, -0.15) is 0 Å². The van der Waals surface area contributed by atoms with Crippen LogP contribution in [0.2, 0.25) is 5.02 Å². The molecule has 1 N–H and O–H groups in total. The van der Waals surface area contributed by atoms with Crippen LogP contribution in [-0.4, -0.2) is 29.1 Å². The molecule has 0 aromatic heterocycles. The summed E-state index contributed by atoms with van der Waals surface area (Å²) in [5.41, 5.74) is 0.786. The minimum atomic E-state index is -0.806. The quantitative estimate of drug-likeness (QED) is 0.822. The molecule has 0 heterocycles. The number of nitrogens with zero attached hydrogens (tertiary/aromatic N) is 1. The molecule has 0 saturated carbocycles. The van der Waals surface area contributed by atoms with Crippen LogP contribution in [0.15, 0.2) is 24.3 Å². The van der Waals surface area contributed by atoms with Gasteiger partial charge in [-0.25, -0.2) is 0 Å². The van der Waals surface area contributed by atoms with E-state index in [1.807, 2.05) is 4.90 Å². The minimum absolute atomic E-state index is 0.581. The Kier molecular flexibility index (Phi) is 6.16. The molecule has 1 atom stereocenters. The van der Waals surface area contributed by atoms with Gasteiger partial charge in [-0.1, -0.05) is 37.6 Å². The van der Waals surface area contributed by atoms with Gasteiger partial charge in [0.2, 0.25) is 0 Å². The van der Waals surface area contributed by atoms with Gasteiger partial charge in [0.05, 0.1) is 0 Å². The molecule has 0 fully saturated rings. The lowest BCUT2D eigenvalue weighted by molar-refractivity contribution is -0.143. The first-order valence-electron chi connectivity index (χ1n) is 6.32. The summed E-state index contributed by atoms with van der Waals surface area (Å²) < 4.78 is 0. The Labute approximate surface area is 113 Å². The summed E-state index contributed by atoms with van der Waals surface area (Å²) in [4.78, 5) is 13.5. The van der Waals surface area contributed by atoms with Crippen molar-refractivity contribution >= 4 is 17.6 Å². The summed E-state index contributed by atoms with van der Waals surface area (Å²) in [6.45, 7) is 5.69. The Bertz CT molecular complexity index is 372. The van der Waals surface area contributed by atoms with E-state index < -0.39 is 12.0 Å². The molecule has 1 rings (SSSR count). The first kappa shape index (κ1) is 15.0. The maximum atomic E-state index is 11.5. The van der Waals surface area contributed by atoms with Crippen LogP contribution >= 0.6 is 11.6 Å². The summed E-state index contributed by atoms with van der Waals surface area (Å²) >= 11 is 5.84. The van der Waals surface area contributed by atoms with Gasteiger partial charge in [-0.3, -0.25) is 9.69 Å². The molecule has 0 bridgehead atoms. The van der Waals surface area contributed by atoms with E-state index in [2.05, 4.69) is 13.8 Å². The van der Waals surface area contributed by atoms with Crippen molar-refractivity contribution < 1.29 is 9.90 Å². The predicted octanol–water partition coefficient (Wildman–Crippen LogP) is 3.59. The minimum Gasteiger partial charge on any atom is -0.480 e. The normalized spacial score (nSPS) is 12.7. The monoisotopic (exact) mass is 269 g/mol. The van der Waals surface area contributed by atoms with Crippen LogP contribution in [0.1, 0.15) is 38.3 Å². The summed E-state index contributed by atoms with van der Waals surface area (Å²) in [6.07, 6.45) is 1.88. The van der Waals surface area contributed by atoms with Crippen molar-refractivity contribution in [2.45, 2.75) is 32.7 Å². The van der Waals surface area contributed by atoms with Gasteiger partial charge in [0.15, 0.2) is 0 Å². The number of hydrogen-bond acceptors (Lipinski definition) is 2. The molecule has 3 nitrogen and oxygen atoms in total. The van der Waals surface area contributed by atoms with Gasteiger partial charge in [-0.15, -0.1) is 0 Å². The molecule has 0 aliphatic heterocycles. The summed E-state index contributed by atoms with van der Waals surface area (Å²) in [5.74, 6) is -0.806. The Balaban J connectivity index is 2.99. The summed E-state index contributed by atoms with van der Waals surface area (Å²) in [7, 11) is 0. The Morgan fingerprint density at radius 2 is 1.72 bits per heavy atom. The number of hydrogen-bond donors (Lipinski definition) is 1. The van der Waals surface area contributed by atoms with Crippen molar-refractivity contribution in [2.24, 2.45) is 0 Å². The molecule has 0 amide bonds. The van der Waals surface area contributed by atoms with E-state index in [0.29, 0.717) is 5.02 Å². The highest BCUT2D eigenvalue weighted by atomic mass is 35.5. The topological polar surface area (TPSA) is 40.5 Å². The molecule has 0 spiro atoms. The first-order valence-corrected chi connectivity index (χ1v) is 6.70. The number of benzene rings is 1. The molecule has 0 aliphatic rings. The summed E-state index contributed by atoms with van der Waals surface area (Å²) in [6, 6.07) is 6.48. The standard InChI is InChI=1S/C14H20ClNO2/c1-3-9-16(10-4-2)13(14(17)18)11-5-7-12(15)8-6-11/h5-8,13H,3-4,9-10H2,1-2H3,(H,17,18). The highest BCUT2D eigenvalue weighted by Gasteiger charge is 2.26. The van der Waals surface area contributed by atoms with E-state index >= 15 is 0 Å². The lowest BCUT2D eigenvalue weighted by atomic mass is 10.0. The third-order valence-corrected chi connectivity index (χ3v) is 3.06. The summed E-state index contributed by atoms with van der Waals surface area (Å²) in [5, 5.41) is 10.1. The van der Waals surface area contributed by atoms with E-state index in [-0.39, 0.29) is 0 Å². The molecule has 18 heavy (non-hydrogen) atoms. The van der Waals surface area contributed by atoms with Crippen LogP contribution in [0.4, 0.5) is 0 Å².